The molecule has 0 radical (unpaired) electrons. The van der Waals surface area contributed by atoms with Crippen molar-refractivity contribution in [2.24, 2.45) is 0 Å². The lowest BCUT2D eigenvalue weighted by Crippen LogP contribution is -2.13. The highest BCUT2D eigenvalue weighted by atomic mass is 79.9. The maximum atomic E-state index is 12.6. The normalized spacial score (nSPS) is 10.5. The average Bonchev–Trinajstić information content (AvgIpc) is 2.76. The van der Waals surface area contributed by atoms with E-state index < -0.39 is 17.9 Å². The van der Waals surface area contributed by atoms with Gasteiger partial charge in [-0.1, -0.05) is 34.1 Å². The van der Waals surface area contributed by atoms with Gasteiger partial charge in [-0.3, -0.25) is 4.79 Å². The number of unbranched alkanes of at least 4 members (excludes halogenated alkanes) is 1. The second-order valence-electron chi connectivity index (χ2n) is 6.29. The molecule has 31 heavy (non-hydrogen) atoms. The molecule has 0 unspecified atom stereocenters. The number of rotatable bonds is 10. The van der Waals surface area contributed by atoms with Crippen molar-refractivity contribution in [3.05, 3.63) is 59.7 Å². The van der Waals surface area contributed by atoms with Gasteiger partial charge in [0.1, 0.15) is 11.3 Å². The number of esters is 3. The maximum absolute atomic E-state index is 12.6. The largest absolute Gasteiger partial charge is 0.493 e. The van der Waals surface area contributed by atoms with E-state index in [1.165, 1.54) is 32.2 Å². The van der Waals surface area contributed by atoms with Gasteiger partial charge in [-0.05, 0) is 48.7 Å². The van der Waals surface area contributed by atoms with Crippen LogP contribution in [0.3, 0.4) is 0 Å². The number of para-hydroxylation sites is 1. The molecule has 2 rings (SSSR count). The second-order valence-corrected chi connectivity index (χ2v) is 7.08. The van der Waals surface area contributed by atoms with Crippen molar-refractivity contribution in [2.45, 2.75) is 19.8 Å². The van der Waals surface area contributed by atoms with Crippen LogP contribution in [0.15, 0.2) is 48.5 Å². The molecule has 8 heteroatoms. The summed E-state index contributed by atoms with van der Waals surface area (Å²) in [7, 11) is 1.44. The summed E-state index contributed by atoms with van der Waals surface area (Å²) in [5.74, 6) is -1.11. The van der Waals surface area contributed by atoms with E-state index in [4.69, 9.17) is 18.9 Å². The van der Waals surface area contributed by atoms with E-state index in [1.54, 1.807) is 36.4 Å². The Labute approximate surface area is 189 Å². The number of hydrogen-bond acceptors (Lipinski definition) is 7. The number of benzene rings is 2. The molecule has 0 N–H and O–H groups in total. The van der Waals surface area contributed by atoms with Crippen molar-refractivity contribution >= 4 is 39.9 Å². The predicted molar refractivity (Wildman–Crippen MR) is 119 cm³/mol. The molecule has 7 nitrogen and oxygen atoms in total. The third-order valence-corrected chi connectivity index (χ3v) is 4.50. The number of hydrogen-bond donors (Lipinski definition) is 0. The molecule has 0 spiro atoms. The van der Waals surface area contributed by atoms with Crippen molar-refractivity contribution in [3.63, 3.8) is 0 Å². The lowest BCUT2D eigenvalue weighted by Gasteiger charge is -2.12. The van der Waals surface area contributed by atoms with Gasteiger partial charge in [0.05, 0.1) is 13.7 Å². The highest BCUT2D eigenvalue weighted by Gasteiger charge is 2.18. The van der Waals surface area contributed by atoms with E-state index in [9.17, 15) is 14.4 Å². The van der Waals surface area contributed by atoms with Crippen molar-refractivity contribution in [2.75, 3.05) is 19.0 Å². The van der Waals surface area contributed by atoms with Gasteiger partial charge in [0, 0.05) is 18.3 Å². The Morgan fingerprint density at radius 2 is 1.74 bits per heavy atom. The first-order valence-corrected chi connectivity index (χ1v) is 10.6. The number of ether oxygens (including phenoxy) is 4. The lowest BCUT2D eigenvalue weighted by atomic mass is 10.1. The van der Waals surface area contributed by atoms with Crippen LogP contribution in [0.25, 0.3) is 6.08 Å². The van der Waals surface area contributed by atoms with Gasteiger partial charge < -0.3 is 18.9 Å². The van der Waals surface area contributed by atoms with Crippen LogP contribution in [-0.4, -0.2) is 37.0 Å². The topological polar surface area (TPSA) is 88.1 Å². The Kier molecular flexibility index (Phi) is 9.77. The highest BCUT2D eigenvalue weighted by molar-refractivity contribution is 9.09. The first-order valence-electron chi connectivity index (χ1n) is 9.53. The lowest BCUT2D eigenvalue weighted by molar-refractivity contribution is -0.137. The fourth-order valence-corrected chi connectivity index (χ4v) is 2.88. The zero-order chi connectivity index (χ0) is 22.6. The van der Waals surface area contributed by atoms with Crippen LogP contribution in [0.2, 0.25) is 0 Å². The number of halogens is 1. The third-order valence-electron chi connectivity index (χ3n) is 3.94. The summed E-state index contributed by atoms with van der Waals surface area (Å²) in [5.41, 5.74) is 0.765. The highest BCUT2D eigenvalue weighted by Crippen LogP contribution is 2.30. The van der Waals surface area contributed by atoms with Gasteiger partial charge in [0.15, 0.2) is 11.5 Å². The SMILES string of the molecule is COc1cc(/C=C/C(=O)OCCCCBr)ccc1OC(=O)c1ccccc1OC(C)=O. The van der Waals surface area contributed by atoms with E-state index in [-0.39, 0.29) is 17.1 Å². The summed E-state index contributed by atoms with van der Waals surface area (Å²) in [4.78, 5) is 35.6. The van der Waals surface area contributed by atoms with Crippen LogP contribution >= 0.6 is 15.9 Å². The van der Waals surface area contributed by atoms with Crippen molar-refractivity contribution < 1.29 is 33.3 Å². The Bertz CT molecular complexity index is 953. The molecule has 0 aromatic heterocycles. The van der Waals surface area contributed by atoms with Crippen molar-refractivity contribution in [3.8, 4) is 17.2 Å². The van der Waals surface area contributed by atoms with E-state index >= 15 is 0 Å². The molecule has 0 bridgehead atoms. The number of methoxy groups -OCH3 is 1. The van der Waals surface area contributed by atoms with Crippen molar-refractivity contribution in [1.29, 1.82) is 0 Å². The summed E-state index contributed by atoms with van der Waals surface area (Å²) in [6.45, 7) is 1.61. The average molecular weight is 491 g/mol. The molecular weight excluding hydrogens is 468 g/mol. The standard InChI is InChI=1S/C23H23BrO7/c1-16(25)30-19-8-4-3-7-18(19)23(27)31-20-11-9-17(15-21(20)28-2)10-12-22(26)29-14-6-5-13-24/h3-4,7-12,15H,5-6,13-14H2,1-2H3/b12-10+. The van der Waals surface area contributed by atoms with Gasteiger partial charge in [-0.15, -0.1) is 0 Å². The quantitative estimate of drug-likeness (QED) is 0.158. The zero-order valence-corrected chi connectivity index (χ0v) is 18.8. The van der Waals surface area contributed by atoms with E-state index in [1.807, 2.05) is 0 Å². The van der Waals surface area contributed by atoms with E-state index in [0.29, 0.717) is 17.9 Å². The Morgan fingerprint density at radius 1 is 0.968 bits per heavy atom. The number of carbonyl (C=O) groups is 3. The minimum Gasteiger partial charge on any atom is -0.493 e. The predicted octanol–water partition coefficient (Wildman–Crippen LogP) is 4.57. The maximum Gasteiger partial charge on any atom is 0.347 e. The van der Waals surface area contributed by atoms with Crippen LogP contribution in [0, 0.1) is 0 Å². The second kappa shape index (κ2) is 12.5. The number of alkyl halides is 1. The molecule has 0 aliphatic rings. The molecule has 0 aliphatic carbocycles. The molecule has 0 aliphatic heterocycles. The molecule has 0 saturated heterocycles. The van der Waals surface area contributed by atoms with Gasteiger partial charge in [0.2, 0.25) is 0 Å². The van der Waals surface area contributed by atoms with Gasteiger partial charge in [0.25, 0.3) is 0 Å². The summed E-state index contributed by atoms with van der Waals surface area (Å²) in [6, 6.07) is 11.1. The van der Waals surface area contributed by atoms with Gasteiger partial charge >= 0.3 is 17.9 Å². The van der Waals surface area contributed by atoms with Crippen molar-refractivity contribution in [1.82, 2.24) is 0 Å². The molecular formula is C23H23BrO7. The molecule has 164 valence electrons. The van der Waals surface area contributed by atoms with Crippen LogP contribution in [0.4, 0.5) is 0 Å². The zero-order valence-electron chi connectivity index (χ0n) is 17.3. The fraction of sp³-hybridized carbons (Fsp3) is 0.261. The fourth-order valence-electron chi connectivity index (χ4n) is 2.49. The minimum atomic E-state index is -0.703. The third kappa shape index (κ3) is 7.90. The monoisotopic (exact) mass is 490 g/mol. The minimum absolute atomic E-state index is 0.103. The van der Waals surface area contributed by atoms with E-state index in [0.717, 1.165) is 18.2 Å². The molecule has 0 fully saturated rings. The molecule has 0 amide bonds. The summed E-state index contributed by atoms with van der Waals surface area (Å²) in [6.07, 6.45) is 4.62. The molecule has 2 aromatic carbocycles. The summed E-state index contributed by atoms with van der Waals surface area (Å²) >= 11 is 3.32. The van der Waals surface area contributed by atoms with Gasteiger partial charge in [-0.25, -0.2) is 9.59 Å². The molecule has 0 atom stereocenters. The first-order chi connectivity index (χ1) is 14.9. The first kappa shape index (κ1) is 24.1. The van der Waals surface area contributed by atoms with Crippen LogP contribution < -0.4 is 14.2 Å². The van der Waals surface area contributed by atoms with E-state index in [2.05, 4.69) is 15.9 Å². The molecule has 0 heterocycles. The summed E-state index contributed by atoms with van der Waals surface area (Å²) in [5, 5.41) is 0.868. The van der Waals surface area contributed by atoms with Crippen LogP contribution in [0.5, 0.6) is 17.2 Å². The van der Waals surface area contributed by atoms with Gasteiger partial charge in [-0.2, -0.15) is 0 Å². The smallest absolute Gasteiger partial charge is 0.347 e. The van der Waals surface area contributed by atoms with Crippen LogP contribution in [-0.2, 0) is 14.3 Å². The Hall–Kier alpha value is -3.13. The Morgan fingerprint density at radius 3 is 2.45 bits per heavy atom. The van der Waals surface area contributed by atoms with Crippen LogP contribution in [0.1, 0.15) is 35.7 Å². The molecule has 2 aromatic rings. The number of carbonyl (C=O) groups excluding carboxylic acids is 3. The molecule has 0 saturated carbocycles. The Balaban J connectivity index is 2.08. The summed E-state index contributed by atoms with van der Waals surface area (Å²) < 4.78 is 20.9.